The van der Waals surface area contributed by atoms with Crippen molar-refractivity contribution >= 4 is 29.2 Å². The fourth-order valence-electron chi connectivity index (χ4n) is 5.71. The van der Waals surface area contributed by atoms with E-state index in [9.17, 15) is 19.1 Å². The molecule has 1 fully saturated rings. The maximum absolute atomic E-state index is 13.7. The number of anilines is 1. The number of nitrogens with zero attached hydrogens (tertiary/aromatic N) is 4. The Kier molecular flexibility index (Phi) is 7.29. The Hall–Kier alpha value is -4.12. The van der Waals surface area contributed by atoms with Crippen LogP contribution < -0.4 is 10.2 Å². The minimum absolute atomic E-state index is 0.322. The summed E-state index contributed by atoms with van der Waals surface area (Å²) in [7, 11) is 2.12. The van der Waals surface area contributed by atoms with Crippen LogP contribution >= 0.6 is 0 Å². The molecule has 3 aliphatic heterocycles. The Morgan fingerprint density at radius 3 is 2.61 bits per heavy atom. The normalized spacial score (nSPS) is 20.5. The Bertz CT molecular complexity index is 1500. The molecule has 1 unspecified atom stereocenters. The van der Waals surface area contributed by atoms with Crippen molar-refractivity contribution in [3.8, 4) is 0 Å². The van der Waals surface area contributed by atoms with E-state index in [0.29, 0.717) is 46.9 Å². The summed E-state index contributed by atoms with van der Waals surface area (Å²) in [4.78, 5) is 36.4. The number of amides is 2. The number of nitrogens with one attached hydrogen (secondary N) is 1. The molecule has 0 bridgehead atoms. The van der Waals surface area contributed by atoms with Gasteiger partial charge in [-0.1, -0.05) is 24.3 Å². The van der Waals surface area contributed by atoms with Gasteiger partial charge in [-0.25, -0.2) is 14.2 Å². The predicted molar refractivity (Wildman–Crippen MR) is 153 cm³/mol. The molecule has 10 heteroatoms. The molecule has 1 saturated heterocycles. The van der Waals surface area contributed by atoms with E-state index in [1.165, 1.54) is 29.2 Å². The van der Waals surface area contributed by atoms with Crippen LogP contribution in [0.5, 0.6) is 0 Å². The molecule has 0 saturated carbocycles. The summed E-state index contributed by atoms with van der Waals surface area (Å²) < 4.78 is 19.1. The number of amidine groups is 1. The molecule has 3 aromatic rings. The van der Waals surface area contributed by atoms with Crippen LogP contribution in [0.2, 0.25) is 0 Å². The fourth-order valence-corrected chi connectivity index (χ4v) is 5.71. The molecule has 9 nitrogen and oxygen atoms in total. The molecule has 3 heterocycles. The first-order chi connectivity index (χ1) is 19.8. The molecule has 3 aromatic carbocycles. The van der Waals surface area contributed by atoms with E-state index >= 15 is 0 Å². The highest BCUT2D eigenvalue weighted by atomic mass is 19.1. The van der Waals surface area contributed by atoms with Crippen molar-refractivity contribution in [1.82, 2.24) is 15.1 Å². The second kappa shape index (κ2) is 11.0. The van der Waals surface area contributed by atoms with Crippen molar-refractivity contribution in [2.24, 2.45) is 4.99 Å². The van der Waals surface area contributed by atoms with E-state index in [1.807, 2.05) is 0 Å². The third-order valence-corrected chi connectivity index (χ3v) is 7.93. The molecule has 6 rings (SSSR count). The van der Waals surface area contributed by atoms with Crippen molar-refractivity contribution in [2.75, 3.05) is 51.3 Å². The second-order valence-corrected chi connectivity index (χ2v) is 10.7. The van der Waals surface area contributed by atoms with E-state index in [0.717, 1.165) is 44.7 Å². The van der Waals surface area contributed by atoms with Gasteiger partial charge in [0.15, 0.2) is 5.72 Å². The highest BCUT2D eigenvalue weighted by Crippen LogP contribution is 2.46. The van der Waals surface area contributed by atoms with E-state index in [2.05, 4.69) is 27.2 Å². The first-order valence-corrected chi connectivity index (χ1v) is 13.8. The number of piperazine rings is 1. The van der Waals surface area contributed by atoms with E-state index < -0.39 is 17.6 Å². The molecule has 1 atom stereocenters. The van der Waals surface area contributed by atoms with Gasteiger partial charge in [-0.2, -0.15) is 0 Å². The molecular formula is C31H32FN5O4. The van der Waals surface area contributed by atoms with Crippen molar-refractivity contribution in [3.05, 3.63) is 94.8 Å². The topological polar surface area (TPSA) is 97.7 Å². The molecule has 3 aliphatic rings. The van der Waals surface area contributed by atoms with Crippen molar-refractivity contribution in [1.29, 1.82) is 0 Å². The summed E-state index contributed by atoms with van der Waals surface area (Å²) in [5.41, 5.74) is 1.26. The van der Waals surface area contributed by atoms with Crippen molar-refractivity contribution in [3.63, 3.8) is 0 Å². The second-order valence-electron chi connectivity index (χ2n) is 10.7. The summed E-state index contributed by atoms with van der Waals surface area (Å²) in [6, 6.07) is 17.6. The third kappa shape index (κ3) is 5.21. The average Bonchev–Trinajstić information content (AvgIpc) is 3.48. The summed E-state index contributed by atoms with van der Waals surface area (Å²) in [5, 5.41) is 15.0. The van der Waals surface area contributed by atoms with E-state index in [-0.39, 0.29) is 5.91 Å². The molecule has 2 amide bonds. The fraction of sp³-hybridized carbons (Fsp3) is 0.323. The zero-order valence-electron chi connectivity index (χ0n) is 22.8. The van der Waals surface area contributed by atoms with Gasteiger partial charge in [0.25, 0.3) is 5.91 Å². The lowest BCUT2D eigenvalue weighted by molar-refractivity contribution is 0.0703. The molecule has 41 heavy (non-hydrogen) atoms. The lowest BCUT2D eigenvalue weighted by Crippen LogP contribution is -2.45. The molecule has 2 N–H and O–H groups in total. The smallest absolute Gasteiger partial charge is 0.412 e. The van der Waals surface area contributed by atoms with Gasteiger partial charge in [-0.05, 0) is 61.5 Å². The quantitative estimate of drug-likeness (QED) is 0.450. The third-order valence-electron chi connectivity index (χ3n) is 7.93. The number of rotatable bonds is 6. The number of ether oxygens (including phenoxy) is 1. The van der Waals surface area contributed by atoms with Gasteiger partial charge >= 0.3 is 6.09 Å². The number of alkyl carbamates (subject to hydrolysis) is 1. The zero-order valence-corrected chi connectivity index (χ0v) is 22.8. The highest BCUT2D eigenvalue weighted by Gasteiger charge is 2.50. The van der Waals surface area contributed by atoms with Gasteiger partial charge in [0, 0.05) is 61.5 Å². The lowest BCUT2D eigenvalue weighted by Gasteiger charge is -2.35. The Labute approximate surface area is 237 Å². The van der Waals surface area contributed by atoms with Crippen LogP contribution in [0.1, 0.15) is 33.5 Å². The van der Waals surface area contributed by atoms with Crippen molar-refractivity contribution < 1.29 is 23.8 Å². The van der Waals surface area contributed by atoms with Crippen molar-refractivity contribution in [2.45, 2.75) is 18.6 Å². The van der Waals surface area contributed by atoms with Crippen LogP contribution in [0.25, 0.3) is 0 Å². The van der Waals surface area contributed by atoms with Crippen LogP contribution in [0.15, 0.2) is 71.7 Å². The van der Waals surface area contributed by atoms with Crippen LogP contribution in [-0.4, -0.2) is 79.1 Å². The number of carbonyl (C=O) groups is 2. The molecule has 0 aliphatic carbocycles. The number of hydrogen-bond donors (Lipinski definition) is 2. The maximum Gasteiger partial charge on any atom is 0.412 e. The van der Waals surface area contributed by atoms with Gasteiger partial charge in [-0.15, -0.1) is 0 Å². The number of fused-ring (bicyclic) bond motifs is 2. The highest BCUT2D eigenvalue weighted by molar-refractivity contribution is 6.12. The monoisotopic (exact) mass is 557 g/mol. The van der Waals surface area contributed by atoms with Crippen LogP contribution in [0.3, 0.4) is 0 Å². The Morgan fingerprint density at radius 2 is 1.83 bits per heavy atom. The predicted octanol–water partition coefficient (Wildman–Crippen LogP) is 3.63. The van der Waals surface area contributed by atoms with Crippen LogP contribution in [0.4, 0.5) is 20.6 Å². The summed E-state index contributed by atoms with van der Waals surface area (Å²) >= 11 is 0. The first kappa shape index (κ1) is 27.1. The van der Waals surface area contributed by atoms with Gasteiger partial charge in [0.05, 0.1) is 12.3 Å². The van der Waals surface area contributed by atoms with Gasteiger partial charge in [0.2, 0.25) is 0 Å². The van der Waals surface area contributed by atoms with Gasteiger partial charge in [0.1, 0.15) is 11.7 Å². The standard InChI is InChI=1S/C31H32FN5O4/c1-35-14-16-36(17-15-35)13-4-18-41-30(39)34-28-20-21-19-22(7-12-27(21)33-28)31(40)26-6-3-2-5-25(26)29(38)37(31)24-10-8-23(32)9-11-24/h2-3,5-12,19,40H,4,13-18,20H2,1H3,(H,33,34,39). The summed E-state index contributed by atoms with van der Waals surface area (Å²) in [6.07, 6.45) is 0.546. The number of aliphatic hydroxyl groups is 1. The molecule has 0 spiro atoms. The number of likely N-dealkylation sites (N-methyl/N-ethyl adjacent to an activating group) is 1. The van der Waals surface area contributed by atoms with E-state index in [4.69, 9.17) is 4.74 Å². The first-order valence-electron chi connectivity index (χ1n) is 13.8. The number of halogens is 1. The molecule has 0 aromatic heterocycles. The van der Waals surface area contributed by atoms with E-state index in [1.54, 1.807) is 42.5 Å². The Morgan fingerprint density at radius 1 is 1.07 bits per heavy atom. The maximum atomic E-state index is 13.7. The lowest BCUT2D eigenvalue weighted by atomic mass is 9.91. The summed E-state index contributed by atoms with van der Waals surface area (Å²) in [6.45, 7) is 5.36. The minimum atomic E-state index is -1.82. The number of aliphatic imine (C=N–C) groups is 1. The number of hydrogen-bond acceptors (Lipinski definition) is 7. The molecule has 212 valence electrons. The Balaban J connectivity index is 1.14. The minimum Gasteiger partial charge on any atom is -0.449 e. The zero-order chi connectivity index (χ0) is 28.6. The number of carbonyl (C=O) groups excluding carboxylic acids is 2. The van der Waals surface area contributed by atoms with Gasteiger partial charge in [-0.3, -0.25) is 15.0 Å². The molecule has 0 radical (unpaired) electrons. The van der Waals surface area contributed by atoms with Gasteiger partial charge < -0.3 is 19.6 Å². The summed E-state index contributed by atoms with van der Waals surface area (Å²) in [5.74, 6) is -0.375. The number of benzene rings is 3. The average molecular weight is 558 g/mol. The molecular weight excluding hydrogens is 525 g/mol. The van der Waals surface area contributed by atoms with Crippen LogP contribution in [-0.2, 0) is 16.9 Å². The van der Waals surface area contributed by atoms with Crippen LogP contribution in [0, 0.1) is 5.82 Å². The largest absolute Gasteiger partial charge is 0.449 e. The SMILES string of the molecule is CN1CCN(CCCOC(=O)NC2=Nc3ccc(C4(O)c5ccccc5C(=O)N4c4ccc(F)cc4)cc3C2)CC1.